The Kier molecular flexibility index (Phi) is 5.86. The molecule has 1 fully saturated rings. The second-order valence-corrected chi connectivity index (χ2v) is 6.91. The van der Waals surface area contributed by atoms with Gasteiger partial charge in [-0.25, -0.2) is 0 Å². The minimum atomic E-state index is 0.885. The summed E-state index contributed by atoms with van der Waals surface area (Å²) in [6.07, 6.45) is 8.84. The van der Waals surface area contributed by atoms with E-state index in [0.717, 1.165) is 29.6 Å². The Morgan fingerprint density at radius 3 is 2.12 bits per heavy atom. The maximum absolute atomic E-state index is 2.44. The molecule has 0 heterocycles. The van der Waals surface area contributed by atoms with Gasteiger partial charge in [-0.1, -0.05) is 66.7 Å². The molecule has 1 aliphatic carbocycles. The lowest BCUT2D eigenvalue weighted by atomic mass is 9.94. The minimum absolute atomic E-state index is 0.885. The number of hydrogen-bond acceptors (Lipinski definition) is 0. The van der Waals surface area contributed by atoms with Gasteiger partial charge in [0, 0.05) is 0 Å². The van der Waals surface area contributed by atoms with Crippen LogP contribution in [-0.4, -0.2) is 0 Å². The standard InChI is InChI=1S/C16H32/c1-12(2)9-10-14(5)7-6-8-15-11-16(15)13(3)4/h12-16H,6-11H2,1-5H3. The number of hydrogen-bond donors (Lipinski definition) is 0. The van der Waals surface area contributed by atoms with Crippen molar-refractivity contribution in [2.75, 3.05) is 0 Å². The minimum Gasteiger partial charge on any atom is -0.0628 e. The molecule has 0 N–H and O–H groups in total. The summed E-state index contributed by atoms with van der Waals surface area (Å²) in [5.74, 6) is 4.95. The predicted octanol–water partition coefficient (Wildman–Crippen LogP) is 5.52. The summed E-state index contributed by atoms with van der Waals surface area (Å²) in [4.78, 5) is 0. The molecule has 0 aromatic carbocycles. The SMILES string of the molecule is CC(C)CCC(C)CCCC1CC1C(C)C. The first-order chi connectivity index (χ1) is 7.50. The van der Waals surface area contributed by atoms with Crippen molar-refractivity contribution in [2.24, 2.45) is 29.6 Å². The van der Waals surface area contributed by atoms with Gasteiger partial charge >= 0.3 is 0 Å². The third-order valence-electron chi connectivity index (χ3n) is 4.34. The average molecular weight is 224 g/mol. The third kappa shape index (κ3) is 5.37. The predicted molar refractivity (Wildman–Crippen MR) is 73.5 cm³/mol. The van der Waals surface area contributed by atoms with Crippen molar-refractivity contribution in [2.45, 2.75) is 73.1 Å². The van der Waals surface area contributed by atoms with Gasteiger partial charge in [0.1, 0.15) is 0 Å². The van der Waals surface area contributed by atoms with Crippen LogP contribution in [0.4, 0.5) is 0 Å². The average Bonchev–Trinajstić information content (AvgIpc) is 2.94. The summed E-state index contributed by atoms with van der Waals surface area (Å²) >= 11 is 0. The van der Waals surface area contributed by atoms with Gasteiger partial charge in [-0.2, -0.15) is 0 Å². The highest BCUT2D eigenvalue weighted by Crippen LogP contribution is 2.47. The van der Waals surface area contributed by atoms with Crippen LogP contribution in [0.1, 0.15) is 73.1 Å². The molecule has 16 heavy (non-hydrogen) atoms. The van der Waals surface area contributed by atoms with Crippen LogP contribution in [0.25, 0.3) is 0 Å². The largest absolute Gasteiger partial charge is 0.0628 e. The molecule has 1 aliphatic rings. The molecule has 0 bridgehead atoms. The maximum atomic E-state index is 2.44. The number of rotatable bonds is 8. The van der Waals surface area contributed by atoms with E-state index < -0.39 is 0 Å². The molecule has 96 valence electrons. The van der Waals surface area contributed by atoms with E-state index in [4.69, 9.17) is 0 Å². The van der Waals surface area contributed by atoms with Crippen LogP contribution in [0.2, 0.25) is 0 Å². The van der Waals surface area contributed by atoms with Crippen LogP contribution in [0.3, 0.4) is 0 Å². The molecule has 0 nitrogen and oxygen atoms in total. The fourth-order valence-corrected chi connectivity index (χ4v) is 2.91. The van der Waals surface area contributed by atoms with Crippen molar-refractivity contribution >= 4 is 0 Å². The van der Waals surface area contributed by atoms with Gasteiger partial charge in [0.15, 0.2) is 0 Å². The second-order valence-electron chi connectivity index (χ2n) is 6.91. The van der Waals surface area contributed by atoms with Gasteiger partial charge < -0.3 is 0 Å². The molecule has 0 radical (unpaired) electrons. The van der Waals surface area contributed by atoms with Gasteiger partial charge in [0.25, 0.3) is 0 Å². The van der Waals surface area contributed by atoms with Gasteiger partial charge in [0.05, 0.1) is 0 Å². The van der Waals surface area contributed by atoms with E-state index in [1.54, 1.807) is 0 Å². The fraction of sp³-hybridized carbons (Fsp3) is 1.00. The van der Waals surface area contributed by atoms with Crippen molar-refractivity contribution in [3.05, 3.63) is 0 Å². The molecule has 0 heteroatoms. The van der Waals surface area contributed by atoms with Crippen molar-refractivity contribution < 1.29 is 0 Å². The molecule has 1 saturated carbocycles. The molecular weight excluding hydrogens is 192 g/mol. The zero-order chi connectivity index (χ0) is 12.1. The molecule has 0 aliphatic heterocycles. The molecule has 0 amide bonds. The summed E-state index contributed by atoms with van der Waals surface area (Å²) in [5.41, 5.74) is 0. The lowest BCUT2D eigenvalue weighted by molar-refractivity contribution is 0.402. The topological polar surface area (TPSA) is 0 Å². The lowest BCUT2D eigenvalue weighted by Gasteiger charge is -2.12. The highest BCUT2D eigenvalue weighted by atomic mass is 14.4. The van der Waals surface area contributed by atoms with Crippen LogP contribution < -0.4 is 0 Å². The Morgan fingerprint density at radius 2 is 1.62 bits per heavy atom. The van der Waals surface area contributed by atoms with Gasteiger partial charge in [0.2, 0.25) is 0 Å². The van der Waals surface area contributed by atoms with Crippen molar-refractivity contribution in [1.29, 1.82) is 0 Å². The summed E-state index contributed by atoms with van der Waals surface area (Å²) < 4.78 is 0. The molecule has 0 saturated heterocycles. The van der Waals surface area contributed by atoms with Gasteiger partial charge in [-0.3, -0.25) is 0 Å². The highest BCUT2D eigenvalue weighted by Gasteiger charge is 2.38. The van der Waals surface area contributed by atoms with E-state index in [1.165, 1.54) is 38.5 Å². The van der Waals surface area contributed by atoms with Crippen molar-refractivity contribution in [3.63, 3.8) is 0 Å². The van der Waals surface area contributed by atoms with Crippen LogP contribution in [0.15, 0.2) is 0 Å². The van der Waals surface area contributed by atoms with E-state index in [1.807, 2.05) is 0 Å². The smallest absolute Gasteiger partial charge is 0.0360 e. The Hall–Kier alpha value is 0. The molecule has 0 aromatic heterocycles. The molecule has 3 atom stereocenters. The van der Waals surface area contributed by atoms with E-state index >= 15 is 0 Å². The molecule has 0 spiro atoms. The van der Waals surface area contributed by atoms with Crippen LogP contribution >= 0.6 is 0 Å². The third-order valence-corrected chi connectivity index (χ3v) is 4.34. The van der Waals surface area contributed by atoms with Crippen LogP contribution in [0, 0.1) is 29.6 Å². The molecular formula is C16H32. The first-order valence-corrected chi connectivity index (χ1v) is 7.50. The quantitative estimate of drug-likeness (QED) is 0.509. The fourth-order valence-electron chi connectivity index (χ4n) is 2.91. The summed E-state index contributed by atoms with van der Waals surface area (Å²) in [6, 6.07) is 0. The Balaban J connectivity index is 1.95. The Bertz CT molecular complexity index is 180. The van der Waals surface area contributed by atoms with Crippen LogP contribution in [0.5, 0.6) is 0 Å². The molecule has 0 aromatic rings. The zero-order valence-corrected chi connectivity index (χ0v) is 12.1. The lowest BCUT2D eigenvalue weighted by Crippen LogP contribution is -1.99. The summed E-state index contributed by atoms with van der Waals surface area (Å²) in [6.45, 7) is 11.9. The summed E-state index contributed by atoms with van der Waals surface area (Å²) in [7, 11) is 0. The van der Waals surface area contributed by atoms with Gasteiger partial charge in [-0.05, 0) is 36.0 Å². The van der Waals surface area contributed by atoms with Crippen LogP contribution in [-0.2, 0) is 0 Å². The maximum Gasteiger partial charge on any atom is -0.0360 e. The Morgan fingerprint density at radius 1 is 0.938 bits per heavy atom. The van der Waals surface area contributed by atoms with E-state index in [-0.39, 0.29) is 0 Å². The van der Waals surface area contributed by atoms with E-state index in [9.17, 15) is 0 Å². The monoisotopic (exact) mass is 224 g/mol. The molecule has 1 rings (SSSR count). The van der Waals surface area contributed by atoms with Crippen molar-refractivity contribution in [1.82, 2.24) is 0 Å². The molecule has 3 unspecified atom stereocenters. The first kappa shape index (κ1) is 14.1. The zero-order valence-electron chi connectivity index (χ0n) is 12.1. The summed E-state index contributed by atoms with van der Waals surface area (Å²) in [5, 5.41) is 0. The highest BCUT2D eigenvalue weighted by molar-refractivity contribution is 4.87. The second kappa shape index (κ2) is 6.67. The van der Waals surface area contributed by atoms with Crippen molar-refractivity contribution in [3.8, 4) is 0 Å². The Labute approximate surface area is 103 Å². The normalized spacial score (nSPS) is 26.4. The van der Waals surface area contributed by atoms with E-state index in [2.05, 4.69) is 34.6 Å². The van der Waals surface area contributed by atoms with E-state index in [0.29, 0.717) is 0 Å². The van der Waals surface area contributed by atoms with Gasteiger partial charge in [-0.15, -0.1) is 0 Å². The first-order valence-electron chi connectivity index (χ1n) is 7.50.